The summed E-state index contributed by atoms with van der Waals surface area (Å²) in [4.78, 5) is 0. The maximum Gasteiger partial charge on any atom is 0.209 e. The van der Waals surface area contributed by atoms with Crippen LogP contribution >= 0.6 is 11.8 Å². The number of nitriles is 1. The zero-order valence-corrected chi connectivity index (χ0v) is 9.18. The molecule has 0 fully saturated rings. The summed E-state index contributed by atoms with van der Waals surface area (Å²) in [5.74, 6) is 6.29. The van der Waals surface area contributed by atoms with E-state index in [1.54, 1.807) is 6.07 Å². The Bertz CT molecular complexity index is 528. The number of rotatable bonds is 3. The van der Waals surface area contributed by atoms with E-state index in [0.29, 0.717) is 16.5 Å². The highest BCUT2D eigenvalue weighted by atomic mass is 32.2. The lowest BCUT2D eigenvalue weighted by atomic mass is 10.2. The summed E-state index contributed by atoms with van der Waals surface area (Å²) in [5, 5.41) is 17.0. The average molecular weight is 231 g/mol. The van der Waals surface area contributed by atoms with E-state index in [-0.39, 0.29) is 0 Å². The molecule has 6 heteroatoms. The normalized spacial score (nSPS) is 9.94. The second kappa shape index (κ2) is 4.68. The third kappa shape index (κ3) is 2.32. The molecule has 0 radical (unpaired) electrons. The Morgan fingerprint density at radius 1 is 1.50 bits per heavy atom. The minimum atomic E-state index is 0.655. The first-order valence-electron chi connectivity index (χ1n) is 4.56. The molecular weight excluding hydrogens is 222 g/mol. The van der Waals surface area contributed by atoms with Crippen LogP contribution in [0.25, 0.3) is 0 Å². The third-order valence-electron chi connectivity index (χ3n) is 1.96. The van der Waals surface area contributed by atoms with Crippen LogP contribution in [0.2, 0.25) is 0 Å². The van der Waals surface area contributed by atoms with E-state index >= 15 is 0 Å². The smallest absolute Gasteiger partial charge is 0.209 e. The van der Waals surface area contributed by atoms with E-state index in [4.69, 9.17) is 11.1 Å². The van der Waals surface area contributed by atoms with Gasteiger partial charge in [-0.25, -0.2) is 4.68 Å². The zero-order valence-electron chi connectivity index (χ0n) is 8.37. The Balaban J connectivity index is 2.05. The van der Waals surface area contributed by atoms with Gasteiger partial charge in [0.2, 0.25) is 5.16 Å². The Morgan fingerprint density at radius 3 is 3.06 bits per heavy atom. The van der Waals surface area contributed by atoms with Crippen LogP contribution in [-0.2, 0) is 5.75 Å². The van der Waals surface area contributed by atoms with Gasteiger partial charge in [0.25, 0.3) is 0 Å². The number of benzene rings is 1. The molecule has 0 aliphatic rings. The van der Waals surface area contributed by atoms with Gasteiger partial charge in [-0.3, -0.25) is 0 Å². The molecule has 1 aromatic carbocycles. The van der Waals surface area contributed by atoms with Crippen molar-refractivity contribution in [3.8, 4) is 6.07 Å². The molecule has 80 valence electrons. The van der Waals surface area contributed by atoms with Gasteiger partial charge < -0.3 is 5.84 Å². The molecule has 0 unspecified atom stereocenters. The Morgan fingerprint density at radius 2 is 2.38 bits per heavy atom. The minimum Gasteiger partial charge on any atom is -0.336 e. The molecule has 0 saturated heterocycles. The third-order valence-corrected chi connectivity index (χ3v) is 2.99. The van der Waals surface area contributed by atoms with Crippen molar-refractivity contribution < 1.29 is 0 Å². The van der Waals surface area contributed by atoms with Gasteiger partial charge in [0, 0.05) is 5.75 Å². The highest BCUT2D eigenvalue weighted by molar-refractivity contribution is 7.98. The van der Waals surface area contributed by atoms with Gasteiger partial charge in [0.1, 0.15) is 6.33 Å². The Kier molecular flexibility index (Phi) is 3.08. The number of nitrogen functional groups attached to an aromatic ring is 1. The number of nitrogens with zero attached hydrogens (tertiary/aromatic N) is 4. The second-order valence-electron chi connectivity index (χ2n) is 3.12. The number of hydrogen-bond donors (Lipinski definition) is 1. The van der Waals surface area contributed by atoms with E-state index < -0.39 is 0 Å². The summed E-state index contributed by atoms with van der Waals surface area (Å²) in [6.45, 7) is 0. The van der Waals surface area contributed by atoms with E-state index in [1.807, 2.05) is 18.2 Å². The highest BCUT2D eigenvalue weighted by Gasteiger charge is 2.03. The van der Waals surface area contributed by atoms with Crippen molar-refractivity contribution in [3.05, 3.63) is 41.7 Å². The van der Waals surface area contributed by atoms with Crippen LogP contribution in [0.4, 0.5) is 0 Å². The van der Waals surface area contributed by atoms with Crippen LogP contribution < -0.4 is 5.84 Å². The van der Waals surface area contributed by atoms with Crippen molar-refractivity contribution in [1.29, 1.82) is 5.26 Å². The van der Waals surface area contributed by atoms with Crippen LogP contribution in [0.3, 0.4) is 0 Å². The predicted molar refractivity (Wildman–Crippen MR) is 60.9 cm³/mol. The molecule has 0 atom stereocenters. The predicted octanol–water partition coefficient (Wildman–Crippen LogP) is 1.16. The maximum atomic E-state index is 8.76. The summed E-state index contributed by atoms with van der Waals surface area (Å²) < 4.78 is 1.37. The van der Waals surface area contributed by atoms with E-state index in [0.717, 1.165) is 5.56 Å². The molecule has 16 heavy (non-hydrogen) atoms. The second-order valence-corrected chi connectivity index (χ2v) is 4.06. The highest BCUT2D eigenvalue weighted by Crippen LogP contribution is 2.19. The molecule has 0 aliphatic carbocycles. The van der Waals surface area contributed by atoms with Crippen LogP contribution in [0, 0.1) is 11.3 Å². The number of thioether (sulfide) groups is 1. The van der Waals surface area contributed by atoms with Gasteiger partial charge in [0.05, 0.1) is 11.6 Å². The fraction of sp³-hybridized carbons (Fsp3) is 0.100. The van der Waals surface area contributed by atoms with Crippen molar-refractivity contribution in [2.45, 2.75) is 10.9 Å². The van der Waals surface area contributed by atoms with Gasteiger partial charge >= 0.3 is 0 Å². The van der Waals surface area contributed by atoms with Crippen LogP contribution in [-0.4, -0.2) is 14.9 Å². The van der Waals surface area contributed by atoms with E-state index in [1.165, 1.54) is 22.8 Å². The molecule has 0 aliphatic heterocycles. The molecule has 2 N–H and O–H groups in total. The monoisotopic (exact) mass is 231 g/mol. The van der Waals surface area contributed by atoms with Gasteiger partial charge in [-0.05, 0) is 17.7 Å². The molecule has 2 rings (SSSR count). The molecule has 1 heterocycles. The Labute approximate surface area is 96.9 Å². The van der Waals surface area contributed by atoms with Crippen LogP contribution in [0.1, 0.15) is 11.1 Å². The number of aromatic nitrogens is 3. The lowest BCUT2D eigenvalue weighted by molar-refractivity contribution is 0.846. The topological polar surface area (TPSA) is 80.5 Å². The number of hydrogen-bond acceptors (Lipinski definition) is 5. The van der Waals surface area contributed by atoms with Gasteiger partial charge in [-0.1, -0.05) is 23.9 Å². The standard InChI is InChI=1S/C10H9N5S/c11-5-8-2-1-3-9(4-8)6-16-10-14-13-7-15(10)12/h1-4,7H,6,12H2. The van der Waals surface area contributed by atoms with Crippen molar-refractivity contribution in [1.82, 2.24) is 14.9 Å². The zero-order chi connectivity index (χ0) is 11.4. The molecule has 0 spiro atoms. The van der Waals surface area contributed by atoms with E-state index in [2.05, 4.69) is 16.3 Å². The largest absolute Gasteiger partial charge is 0.336 e. The average Bonchev–Trinajstić information content (AvgIpc) is 2.72. The van der Waals surface area contributed by atoms with E-state index in [9.17, 15) is 0 Å². The molecule has 2 aromatic rings. The number of nitrogens with two attached hydrogens (primary N) is 1. The minimum absolute atomic E-state index is 0.655. The molecule has 0 bridgehead atoms. The van der Waals surface area contributed by atoms with Crippen LogP contribution in [0.5, 0.6) is 0 Å². The fourth-order valence-electron chi connectivity index (χ4n) is 1.21. The first-order valence-corrected chi connectivity index (χ1v) is 5.55. The summed E-state index contributed by atoms with van der Waals surface area (Å²) in [6, 6.07) is 9.56. The van der Waals surface area contributed by atoms with Gasteiger partial charge in [-0.2, -0.15) is 5.26 Å². The molecule has 0 saturated carbocycles. The summed E-state index contributed by atoms with van der Waals surface area (Å²) in [5.41, 5.74) is 1.72. The molecular formula is C10H9N5S. The van der Waals surface area contributed by atoms with Crippen molar-refractivity contribution in [2.24, 2.45) is 0 Å². The van der Waals surface area contributed by atoms with Crippen molar-refractivity contribution in [3.63, 3.8) is 0 Å². The fourth-order valence-corrected chi connectivity index (χ4v) is 1.99. The quantitative estimate of drug-likeness (QED) is 0.633. The van der Waals surface area contributed by atoms with Crippen molar-refractivity contribution >= 4 is 11.8 Å². The summed E-state index contributed by atoms with van der Waals surface area (Å²) in [6.07, 6.45) is 1.45. The van der Waals surface area contributed by atoms with Gasteiger partial charge in [0.15, 0.2) is 0 Å². The Hall–Kier alpha value is -2.00. The lowest BCUT2D eigenvalue weighted by Gasteiger charge is -2.01. The first-order chi connectivity index (χ1) is 7.79. The lowest BCUT2D eigenvalue weighted by Crippen LogP contribution is -2.07. The summed E-state index contributed by atoms with van der Waals surface area (Å²) in [7, 11) is 0. The maximum absolute atomic E-state index is 8.76. The SMILES string of the molecule is N#Cc1cccc(CSc2nncn2N)c1. The first kappa shape index (κ1) is 10.5. The molecule has 0 amide bonds. The van der Waals surface area contributed by atoms with Gasteiger partial charge in [-0.15, -0.1) is 10.2 Å². The molecule has 5 nitrogen and oxygen atoms in total. The van der Waals surface area contributed by atoms with Crippen molar-refractivity contribution in [2.75, 3.05) is 5.84 Å². The summed E-state index contributed by atoms with van der Waals surface area (Å²) >= 11 is 1.48. The molecule has 1 aromatic heterocycles. The van der Waals surface area contributed by atoms with Crippen LogP contribution in [0.15, 0.2) is 35.7 Å².